The molecule has 1 aliphatic heterocycles. The molecular formula is C22H31BF3NO4. The molecule has 1 saturated heterocycles. The van der Waals surface area contributed by atoms with Crippen LogP contribution in [0.25, 0.3) is 0 Å². The zero-order valence-corrected chi connectivity index (χ0v) is 19.2. The van der Waals surface area contributed by atoms with Crippen LogP contribution in [-0.4, -0.2) is 41.0 Å². The molecule has 1 aromatic carbocycles. The summed E-state index contributed by atoms with van der Waals surface area (Å²) in [4.78, 5) is 14.3. The van der Waals surface area contributed by atoms with Gasteiger partial charge in [0.15, 0.2) is 0 Å². The Morgan fingerprint density at radius 2 is 1.68 bits per heavy atom. The van der Waals surface area contributed by atoms with Gasteiger partial charge in [-0.1, -0.05) is 12.1 Å². The molecular weight excluding hydrogens is 410 g/mol. The van der Waals surface area contributed by atoms with E-state index in [1.165, 1.54) is 11.0 Å². The first-order valence-corrected chi connectivity index (χ1v) is 10.6. The van der Waals surface area contributed by atoms with Gasteiger partial charge in [0, 0.05) is 12.6 Å². The second-order valence-corrected chi connectivity index (χ2v) is 10.3. The van der Waals surface area contributed by atoms with Gasteiger partial charge in [-0.3, -0.25) is 0 Å². The van der Waals surface area contributed by atoms with E-state index in [0.29, 0.717) is 11.0 Å². The van der Waals surface area contributed by atoms with Crippen LogP contribution in [0.3, 0.4) is 0 Å². The second-order valence-electron chi connectivity index (χ2n) is 10.3. The fraction of sp³-hybridized carbons (Fsp3) is 0.682. The number of carbonyl (C=O) groups excluding carboxylic acids is 1. The summed E-state index contributed by atoms with van der Waals surface area (Å²) in [6.45, 7) is 12.8. The highest BCUT2D eigenvalue weighted by atomic mass is 19.4. The summed E-state index contributed by atoms with van der Waals surface area (Å²) in [5, 5.41) is 0. The Morgan fingerprint density at radius 1 is 1.13 bits per heavy atom. The minimum Gasteiger partial charge on any atom is -0.444 e. The molecule has 1 heterocycles. The summed E-state index contributed by atoms with van der Waals surface area (Å²) in [5.41, 5.74) is -1.93. The number of amides is 1. The third kappa shape index (κ3) is 5.37. The van der Waals surface area contributed by atoms with Gasteiger partial charge in [-0.05, 0) is 78.4 Å². The van der Waals surface area contributed by atoms with Crippen molar-refractivity contribution < 1.29 is 32.0 Å². The highest BCUT2D eigenvalue weighted by Gasteiger charge is 2.52. The van der Waals surface area contributed by atoms with E-state index in [-0.39, 0.29) is 12.6 Å². The van der Waals surface area contributed by atoms with E-state index in [0.717, 1.165) is 25.0 Å². The molecule has 0 bridgehead atoms. The van der Waals surface area contributed by atoms with Gasteiger partial charge >= 0.3 is 19.4 Å². The zero-order chi connectivity index (χ0) is 23.4. The maximum Gasteiger partial charge on any atom is 0.495 e. The number of alkyl halides is 3. The Hall–Kier alpha value is -1.74. The number of halogens is 3. The van der Waals surface area contributed by atoms with Gasteiger partial charge < -0.3 is 18.9 Å². The van der Waals surface area contributed by atoms with Crippen LogP contribution in [0.4, 0.5) is 18.0 Å². The predicted molar refractivity (Wildman–Crippen MR) is 112 cm³/mol. The van der Waals surface area contributed by atoms with E-state index in [9.17, 15) is 18.0 Å². The molecule has 2 aliphatic rings. The summed E-state index contributed by atoms with van der Waals surface area (Å²) in [7, 11) is -0.832. The van der Waals surface area contributed by atoms with Crippen molar-refractivity contribution in [2.45, 2.75) is 96.9 Å². The smallest absolute Gasteiger partial charge is 0.444 e. The van der Waals surface area contributed by atoms with Crippen molar-refractivity contribution in [3.05, 3.63) is 29.3 Å². The van der Waals surface area contributed by atoms with Crippen molar-refractivity contribution in [3.8, 4) is 0 Å². The quantitative estimate of drug-likeness (QED) is 0.624. The molecule has 3 rings (SSSR count). The standard InChI is InChI=1S/C22H31BF3NO4/c1-19(2,3)29-18(28)27(16-9-10-16)13-14-12-15(22(24,25)26)8-11-17(14)23-30-20(4,5)21(6,7)31-23/h8,11-12,16H,9-10,13H2,1-7H3. The van der Waals surface area contributed by atoms with E-state index in [2.05, 4.69) is 0 Å². The summed E-state index contributed by atoms with van der Waals surface area (Å²) >= 11 is 0. The molecule has 0 unspecified atom stereocenters. The average Bonchev–Trinajstić information content (AvgIpc) is 3.37. The Labute approximate surface area is 182 Å². The zero-order valence-electron chi connectivity index (χ0n) is 19.2. The number of nitrogens with zero attached hydrogens (tertiary/aromatic N) is 1. The van der Waals surface area contributed by atoms with Crippen LogP contribution in [0.15, 0.2) is 18.2 Å². The third-order valence-electron chi connectivity index (χ3n) is 5.93. The largest absolute Gasteiger partial charge is 0.495 e. The van der Waals surface area contributed by atoms with Crippen molar-refractivity contribution >= 4 is 18.7 Å². The lowest BCUT2D eigenvalue weighted by Crippen LogP contribution is -2.42. The number of benzene rings is 1. The molecule has 1 aromatic rings. The van der Waals surface area contributed by atoms with Crippen molar-refractivity contribution in [2.75, 3.05) is 0 Å². The van der Waals surface area contributed by atoms with Crippen LogP contribution in [0.2, 0.25) is 0 Å². The highest BCUT2D eigenvalue weighted by molar-refractivity contribution is 6.62. The van der Waals surface area contributed by atoms with Crippen molar-refractivity contribution in [1.82, 2.24) is 4.90 Å². The van der Waals surface area contributed by atoms with E-state index in [4.69, 9.17) is 14.0 Å². The number of carbonyl (C=O) groups is 1. The highest BCUT2D eigenvalue weighted by Crippen LogP contribution is 2.38. The summed E-state index contributed by atoms with van der Waals surface area (Å²) < 4.78 is 58.0. The molecule has 5 nitrogen and oxygen atoms in total. The van der Waals surface area contributed by atoms with Crippen LogP contribution < -0.4 is 5.46 Å². The molecule has 1 aliphatic carbocycles. The minimum atomic E-state index is -4.50. The fourth-order valence-corrected chi connectivity index (χ4v) is 3.35. The summed E-state index contributed by atoms with van der Waals surface area (Å²) in [6.07, 6.45) is -3.44. The van der Waals surface area contributed by atoms with E-state index < -0.39 is 41.8 Å². The SMILES string of the molecule is CC(C)(C)OC(=O)N(Cc1cc(C(F)(F)F)ccc1B1OC(C)(C)C(C)(C)O1)C1CC1. The molecule has 1 saturated carbocycles. The first-order valence-electron chi connectivity index (χ1n) is 10.6. The Balaban J connectivity index is 1.97. The van der Waals surface area contributed by atoms with E-state index >= 15 is 0 Å². The lowest BCUT2D eigenvalue weighted by molar-refractivity contribution is -0.137. The Kier molecular flexibility index (Phi) is 5.93. The Bertz CT molecular complexity index is 828. The number of hydrogen-bond acceptors (Lipinski definition) is 4. The lowest BCUT2D eigenvalue weighted by atomic mass is 9.75. The summed E-state index contributed by atoms with van der Waals surface area (Å²) in [6, 6.07) is 3.45. The van der Waals surface area contributed by atoms with E-state index in [1.807, 2.05) is 27.7 Å². The van der Waals surface area contributed by atoms with Gasteiger partial charge in [-0.25, -0.2) is 4.79 Å². The molecule has 0 atom stereocenters. The monoisotopic (exact) mass is 441 g/mol. The van der Waals surface area contributed by atoms with Crippen molar-refractivity contribution in [3.63, 3.8) is 0 Å². The molecule has 1 amide bonds. The average molecular weight is 441 g/mol. The number of rotatable bonds is 4. The van der Waals surface area contributed by atoms with Gasteiger partial charge in [0.1, 0.15) is 5.60 Å². The van der Waals surface area contributed by atoms with E-state index in [1.54, 1.807) is 20.8 Å². The predicted octanol–water partition coefficient (Wildman–Crippen LogP) is 4.90. The first kappa shape index (κ1) is 23.9. The van der Waals surface area contributed by atoms with Gasteiger partial charge in [0.05, 0.1) is 16.8 Å². The van der Waals surface area contributed by atoms with Gasteiger partial charge in [-0.15, -0.1) is 0 Å². The Morgan fingerprint density at radius 3 is 2.13 bits per heavy atom. The van der Waals surface area contributed by atoms with Gasteiger partial charge in [-0.2, -0.15) is 13.2 Å². The molecule has 172 valence electrons. The van der Waals surface area contributed by atoms with Crippen LogP contribution in [0, 0.1) is 0 Å². The fourth-order valence-electron chi connectivity index (χ4n) is 3.35. The van der Waals surface area contributed by atoms with Crippen LogP contribution in [0.5, 0.6) is 0 Å². The second kappa shape index (κ2) is 7.69. The molecule has 0 aromatic heterocycles. The van der Waals surface area contributed by atoms with Crippen molar-refractivity contribution in [1.29, 1.82) is 0 Å². The molecule has 31 heavy (non-hydrogen) atoms. The summed E-state index contributed by atoms with van der Waals surface area (Å²) in [5.74, 6) is 0. The molecule has 0 spiro atoms. The van der Waals surface area contributed by atoms with Gasteiger partial charge in [0.2, 0.25) is 0 Å². The molecule has 2 fully saturated rings. The molecule has 9 heteroatoms. The molecule has 0 N–H and O–H groups in total. The molecule has 0 radical (unpaired) electrons. The first-order chi connectivity index (χ1) is 14.0. The number of hydrogen-bond donors (Lipinski definition) is 0. The van der Waals surface area contributed by atoms with Crippen LogP contribution >= 0.6 is 0 Å². The van der Waals surface area contributed by atoms with Crippen LogP contribution in [-0.2, 0) is 26.8 Å². The number of ether oxygens (including phenoxy) is 1. The van der Waals surface area contributed by atoms with Crippen LogP contribution in [0.1, 0.15) is 72.4 Å². The van der Waals surface area contributed by atoms with Crippen molar-refractivity contribution in [2.24, 2.45) is 0 Å². The third-order valence-corrected chi connectivity index (χ3v) is 5.93. The lowest BCUT2D eigenvalue weighted by Gasteiger charge is -2.32. The maximum absolute atomic E-state index is 13.4. The minimum absolute atomic E-state index is 0.0110. The normalized spacial score (nSPS) is 20.6. The van der Waals surface area contributed by atoms with Gasteiger partial charge in [0.25, 0.3) is 0 Å². The topological polar surface area (TPSA) is 48.0 Å². The maximum atomic E-state index is 13.4.